The number of aliphatic hydroxyl groups excluding tert-OH is 1. The summed E-state index contributed by atoms with van der Waals surface area (Å²) in [7, 11) is 2.88. The second kappa shape index (κ2) is 5.82. The van der Waals surface area contributed by atoms with Crippen LogP contribution in [0, 0.1) is 40.4 Å². The van der Waals surface area contributed by atoms with Gasteiger partial charge in [0.2, 0.25) is 0 Å². The Morgan fingerprint density at radius 3 is 2.58 bits per heavy atom. The highest BCUT2D eigenvalue weighted by Gasteiger charge is 2.76. The maximum atomic E-state index is 13.2. The van der Waals surface area contributed by atoms with Gasteiger partial charge >= 0.3 is 11.9 Å². The molecule has 5 heteroatoms. The van der Waals surface area contributed by atoms with E-state index in [9.17, 15) is 14.7 Å². The average molecular weight is 362 g/mol. The lowest BCUT2D eigenvalue weighted by Gasteiger charge is -2.47. The molecule has 0 aromatic heterocycles. The van der Waals surface area contributed by atoms with Crippen molar-refractivity contribution >= 4 is 11.9 Å². The van der Waals surface area contributed by atoms with E-state index in [0.717, 1.165) is 25.7 Å². The minimum Gasteiger partial charge on any atom is -0.469 e. The maximum Gasteiger partial charge on any atom is 0.312 e. The molecule has 0 heterocycles. The number of hydrogen-bond acceptors (Lipinski definition) is 5. The number of allylic oxidation sites excluding steroid dienone is 1. The summed E-state index contributed by atoms with van der Waals surface area (Å²) in [4.78, 5) is 26.2. The van der Waals surface area contributed by atoms with Crippen LogP contribution in [0.25, 0.3) is 0 Å². The third-order valence-corrected chi connectivity index (χ3v) is 8.50. The molecule has 0 radical (unpaired) electrons. The summed E-state index contributed by atoms with van der Waals surface area (Å²) in [5, 5.41) is 10.6. The van der Waals surface area contributed by atoms with Crippen molar-refractivity contribution in [2.45, 2.75) is 51.6 Å². The van der Waals surface area contributed by atoms with Gasteiger partial charge in [-0.1, -0.05) is 19.1 Å². The van der Waals surface area contributed by atoms with E-state index in [-0.39, 0.29) is 41.0 Å². The monoisotopic (exact) mass is 362 g/mol. The number of methoxy groups -OCH3 is 2. The Bertz CT molecular complexity index is 657. The molecule has 0 amide bonds. The van der Waals surface area contributed by atoms with Gasteiger partial charge in [-0.2, -0.15) is 0 Å². The van der Waals surface area contributed by atoms with Gasteiger partial charge in [-0.25, -0.2) is 0 Å². The van der Waals surface area contributed by atoms with Crippen LogP contribution in [-0.4, -0.2) is 37.4 Å². The maximum absolute atomic E-state index is 13.2. The second-order valence-corrected chi connectivity index (χ2v) is 9.12. The molecule has 4 saturated carbocycles. The first-order chi connectivity index (χ1) is 12.3. The van der Waals surface area contributed by atoms with Gasteiger partial charge in [0, 0.05) is 0 Å². The number of hydrogen-bond donors (Lipinski definition) is 1. The topological polar surface area (TPSA) is 72.8 Å². The lowest BCUT2D eigenvalue weighted by Crippen LogP contribution is -2.52. The molecular weight excluding hydrogens is 332 g/mol. The lowest BCUT2D eigenvalue weighted by atomic mass is 9.56. The van der Waals surface area contributed by atoms with Crippen LogP contribution >= 0.6 is 0 Å². The van der Waals surface area contributed by atoms with Crippen LogP contribution < -0.4 is 0 Å². The summed E-state index contributed by atoms with van der Waals surface area (Å²) in [6, 6.07) is 0. The van der Waals surface area contributed by atoms with Crippen molar-refractivity contribution in [2.75, 3.05) is 14.2 Å². The number of fused-ring (bicyclic) bond motifs is 3. The Hall–Kier alpha value is -1.36. The zero-order valence-corrected chi connectivity index (χ0v) is 16.0. The van der Waals surface area contributed by atoms with Crippen LogP contribution in [0.3, 0.4) is 0 Å². The third-order valence-electron chi connectivity index (χ3n) is 8.50. The molecule has 8 atom stereocenters. The van der Waals surface area contributed by atoms with Crippen molar-refractivity contribution < 1.29 is 24.2 Å². The summed E-state index contributed by atoms with van der Waals surface area (Å²) in [5.41, 5.74) is 0.250. The summed E-state index contributed by atoms with van der Waals surface area (Å²) in [6.45, 7) is 6.28. The van der Waals surface area contributed by atoms with Crippen LogP contribution in [0.2, 0.25) is 0 Å². The van der Waals surface area contributed by atoms with Crippen molar-refractivity contribution in [1.82, 2.24) is 0 Å². The fraction of sp³-hybridized carbons (Fsp3) is 0.810. The minimum atomic E-state index is -0.693. The van der Waals surface area contributed by atoms with Crippen molar-refractivity contribution in [1.29, 1.82) is 0 Å². The predicted molar refractivity (Wildman–Crippen MR) is 94.9 cm³/mol. The molecule has 2 bridgehead atoms. The summed E-state index contributed by atoms with van der Waals surface area (Å²) < 4.78 is 10.6. The van der Waals surface area contributed by atoms with E-state index in [1.807, 2.05) is 6.92 Å². The highest BCUT2D eigenvalue weighted by molar-refractivity contribution is 5.83. The molecule has 4 aliphatic rings. The number of rotatable bonds is 2. The molecule has 1 spiro atoms. The van der Waals surface area contributed by atoms with Crippen LogP contribution in [-0.2, 0) is 19.1 Å². The highest BCUT2D eigenvalue weighted by atomic mass is 16.5. The van der Waals surface area contributed by atoms with Crippen molar-refractivity contribution in [2.24, 2.45) is 40.4 Å². The molecule has 4 aliphatic carbocycles. The van der Waals surface area contributed by atoms with E-state index in [2.05, 4.69) is 6.58 Å². The molecule has 4 rings (SSSR count). The highest BCUT2D eigenvalue weighted by Crippen LogP contribution is 2.76. The normalized spacial score (nSPS) is 49.3. The van der Waals surface area contributed by atoms with Gasteiger partial charge in [-0.05, 0) is 67.6 Å². The largest absolute Gasteiger partial charge is 0.469 e. The Labute approximate surface area is 155 Å². The second-order valence-electron chi connectivity index (χ2n) is 9.12. The molecular formula is C21H30O5. The zero-order valence-electron chi connectivity index (χ0n) is 16.0. The van der Waals surface area contributed by atoms with Gasteiger partial charge < -0.3 is 14.6 Å². The smallest absolute Gasteiger partial charge is 0.312 e. The molecule has 1 N–H and O–H groups in total. The fourth-order valence-electron chi connectivity index (χ4n) is 7.66. The van der Waals surface area contributed by atoms with E-state index in [1.165, 1.54) is 19.8 Å². The van der Waals surface area contributed by atoms with Crippen molar-refractivity contribution in [3.63, 3.8) is 0 Å². The molecule has 5 nitrogen and oxygen atoms in total. The summed E-state index contributed by atoms with van der Waals surface area (Å²) >= 11 is 0. The molecule has 0 aromatic rings. The quantitative estimate of drug-likeness (QED) is 0.604. The molecule has 2 unspecified atom stereocenters. The molecule has 0 aliphatic heterocycles. The molecule has 4 fully saturated rings. The fourth-order valence-corrected chi connectivity index (χ4v) is 7.66. The van der Waals surface area contributed by atoms with E-state index in [4.69, 9.17) is 9.47 Å². The first-order valence-corrected chi connectivity index (χ1v) is 9.85. The molecule has 0 aromatic carbocycles. The predicted octanol–water partition coefficient (Wildman–Crippen LogP) is 2.72. The Morgan fingerprint density at radius 2 is 1.92 bits per heavy atom. The molecule has 0 saturated heterocycles. The SMILES string of the molecule is C=C1C[C@]23C[C@H]1CCC2[C@]1(C(=O)OC)CC[C@H](O)[C@H](C)C1[C@@H]3C(=O)OC. The number of carbonyl (C=O) groups is 2. The summed E-state index contributed by atoms with van der Waals surface area (Å²) in [5.74, 6) is -0.644. The van der Waals surface area contributed by atoms with Crippen molar-refractivity contribution in [3.8, 4) is 0 Å². The molecule has 26 heavy (non-hydrogen) atoms. The van der Waals surface area contributed by atoms with E-state index < -0.39 is 11.5 Å². The van der Waals surface area contributed by atoms with Crippen molar-refractivity contribution in [3.05, 3.63) is 12.2 Å². The zero-order chi connectivity index (χ0) is 18.9. The first kappa shape index (κ1) is 18.0. The Kier molecular flexibility index (Phi) is 4.03. The average Bonchev–Trinajstić information content (AvgIpc) is 3.05. The molecule has 144 valence electrons. The number of carbonyl (C=O) groups excluding carboxylic acids is 2. The van der Waals surface area contributed by atoms with Gasteiger partial charge in [0.1, 0.15) is 0 Å². The Balaban J connectivity index is 1.94. The van der Waals surface area contributed by atoms with Gasteiger partial charge in [0.25, 0.3) is 0 Å². The van der Waals surface area contributed by atoms with Crippen LogP contribution in [0.1, 0.15) is 45.4 Å². The van der Waals surface area contributed by atoms with E-state index >= 15 is 0 Å². The van der Waals surface area contributed by atoms with Crippen LogP contribution in [0.15, 0.2) is 12.2 Å². The number of ether oxygens (including phenoxy) is 2. The van der Waals surface area contributed by atoms with E-state index in [1.54, 1.807) is 0 Å². The van der Waals surface area contributed by atoms with Crippen LogP contribution in [0.5, 0.6) is 0 Å². The lowest BCUT2D eigenvalue weighted by molar-refractivity contribution is -0.171. The first-order valence-electron chi connectivity index (χ1n) is 9.85. The Morgan fingerprint density at radius 1 is 1.19 bits per heavy atom. The van der Waals surface area contributed by atoms with Gasteiger partial charge in [0.05, 0.1) is 31.7 Å². The van der Waals surface area contributed by atoms with Gasteiger partial charge in [-0.15, -0.1) is 0 Å². The van der Waals surface area contributed by atoms with Gasteiger partial charge in [0.15, 0.2) is 0 Å². The van der Waals surface area contributed by atoms with E-state index in [0.29, 0.717) is 18.8 Å². The minimum absolute atomic E-state index is 0.0991. The van der Waals surface area contributed by atoms with Crippen LogP contribution in [0.4, 0.5) is 0 Å². The third kappa shape index (κ3) is 1.96. The number of aliphatic hydroxyl groups is 1. The number of esters is 2. The summed E-state index contributed by atoms with van der Waals surface area (Å²) in [6.07, 6.45) is 4.33. The van der Waals surface area contributed by atoms with Gasteiger partial charge in [-0.3, -0.25) is 9.59 Å². The standard InChI is InChI=1S/C21H30O5/c1-11-9-20-10-13(11)5-6-15(20)21(19(24)26-4)8-7-14(22)12(2)16(21)17(20)18(23)25-3/h12-17,22H,1,5-10H2,2-4H3/t12-,13+,14-,15?,16?,17+,20-,21+/m0/s1.